The second kappa shape index (κ2) is 2.35. The topological polar surface area (TPSA) is 17.1 Å². The molecule has 0 aromatic carbocycles. The predicted octanol–water partition coefficient (Wildman–Crippen LogP) is 1.12. The van der Waals surface area contributed by atoms with Crippen molar-refractivity contribution in [3.05, 3.63) is 24.8 Å². The highest BCUT2D eigenvalue weighted by Gasteiger charge is 1.90. The van der Waals surface area contributed by atoms with Crippen LogP contribution in [0.4, 0.5) is 0 Å². The van der Waals surface area contributed by atoms with Gasteiger partial charge in [-0.1, -0.05) is 13.2 Å². The van der Waals surface area contributed by atoms with E-state index in [1.165, 1.54) is 0 Å². The van der Waals surface area contributed by atoms with Crippen LogP contribution in [0.25, 0.3) is 0 Å². The lowest BCUT2D eigenvalue weighted by atomic mass is 10.2. The van der Waals surface area contributed by atoms with Crippen LogP contribution in [0, 0.1) is 6.58 Å². The Morgan fingerprint density at radius 1 is 1.86 bits per heavy atom. The fourth-order valence-electron chi connectivity index (χ4n) is 0.142. The first-order chi connectivity index (χ1) is 3.18. The van der Waals surface area contributed by atoms with Gasteiger partial charge in [-0.15, -0.1) is 0 Å². The summed E-state index contributed by atoms with van der Waals surface area (Å²) in [6, 6.07) is 0. The first-order valence-electron chi connectivity index (χ1n) is 1.93. The van der Waals surface area contributed by atoms with Crippen molar-refractivity contribution >= 4 is 5.78 Å². The minimum absolute atomic E-state index is 0.194. The maximum atomic E-state index is 10.2. The van der Waals surface area contributed by atoms with Gasteiger partial charge in [-0.3, -0.25) is 4.79 Å². The molecule has 37 valence electrons. The summed E-state index contributed by atoms with van der Waals surface area (Å²) in [5.41, 5.74) is 0.475. The molecule has 1 heteroatoms. The van der Waals surface area contributed by atoms with Crippen molar-refractivity contribution in [3.8, 4) is 0 Å². The number of carbonyl (C=O) groups excluding carboxylic acids is 1. The minimum Gasteiger partial charge on any atom is -0.290 e. The molecule has 0 aliphatic carbocycles. The van der Waals surface area contributed by atoms with E-state index in [0.717, 1.165) is 6.08 Å². The molecule has 0 heterocycles. The molecule has 0 rings (SSSR count). The number of hydrogen-bond acceptors (Lipinski definition) is 1. The highest BCUT2D eigenvalue weighted by atomic mass is 16.1. The second-order valence-corrected chi connectivity index (χ2v) is 1.31. The van der Waals surface area contributed by atoms with E-state index in [2.05, 4.69) is 6.58 Å². The Bertz CT molecular complexity index is 111. The molecule has 0 amide bonds. The zero-order chi connectivity index (χ0) is 5.86. The molecule has 1 nitrogen and oxygen atoms in total. The molecule has 0 unspecified atom stereocenters. The third kappa shape index (κ3) is 1.93. The van der Waals surface area contributed by atoms with Crippen molar-refractivity contribution in [3.63, 3.8) is 0 Å². The van der Waals surface area contributed by atoms with E-state index < -0.39 is 0 Å². The molecule has 0 aromatic heterocycles. The van der Waals surface area contributed by atoms with Crippen molar-refractivity contribution < 1.29 is 4.79 Å². The molecular weight excluding hydrogens is 88.1 g/mol. The van der Waals surface area contributed by atoms with Crippen LogP contribution < -0.4 is 0 Å². The summed E-state index contributed by atoms with van der Waals surface area (Å²) in [5, 5.41) is 0. The molecule has 1 radical (unpaired) electrons. The summed E-state index contributed by atoms with van der Waals surface area (Å²) in [4.78, 5) is 10.2. The average Bonchev–Trinajstić information content (AvgIpc) is 1.65. The molecule has 0 saturated carbocycles. The van der Waals surface area contributed by atoms with Gasteiger partial charge in [-0.25, -0.2) is 0 Å². The van der Waals surface area contributed by atoms with E-state index in [0.29, 0.717) is 5.57 Å². The van der Waals surface area contributed by atoms with Crippen LogP contribution in [-0.4, -0.2) is 5.78 Å². The van der Waals surface area contributed by atoms with E-state index in [1.807, 2.05) is 0 Å². The molecule has 0 fully saturated rings. The van der Waals surface area contributed by atoms with Gasteiger partial charge in [0.2, 0.25) is 0 Å². The number of allylic oxidation sites excluding steroid dienone is 2. The Morgan fingerprint density at radius 2 is 2.29 bits per heavy atom. The summed E-state index contributed by atoms with van der Waals surface area (Å²) in [6.07, 6.45) is 1.00. The van der Waals surface area contributed by atoms with Gasteiger partial charge >= 0.3 is 0 Å². The lowest BCUT2D eigenvalue weighted by molar-refractivity contribution is -0.111. The maximum absolute atomic E-state index is 10.2. The number of rotatable bonds is 2. The number of hydrogen-bond donors (Lipinski definition) is 0. The molecular formula is C6H7O. The molecule has 0 aliphatic rings. The zero-order valence-electron chi connectivity index (χ0n) is 4.27. The van der Waals surface area contributed by atoms with Gasteiger partial charge in [0, 0.05) is 0 Å². The Morgan fingerprint density at radius 3 is 2.29 bits per heavy atom. The van der Waals surface area contributed by atoms with E-state index in [1.54, 1.807) is 6.92 Å². The average molecular weight is 95.1 g/mol. The number of ketones is 1. The second-order valence-electron chi connectivity index (χ2n) is 1.31. The van der Waals surface area contributed by atoms with Gasteiger partial charge in [0.05, 0.1) is 0 Å². The fourth-order valence-corrected chi connectivity index (χ4v) is 0.142. The Balaban J connectivity index is 3.81. The molecule has 7 heavy (non-hydrogen) atoms. The smallest absolute Gasteiger partial charge is 0.180 e. The Hall–Kier alpha value is -0.850. The third-order valence-electron chi connectivity index (χ3n) is 0.572. The summed E-state index contributed by atoms with van der Waals surface area (Å²) >= 11 is 0. The van der Waals surface area contributed by atoms with Crippen LogP contribution >= 0.6 is 0 Å². The van der Waals surface area contributed by atoms with E-state index >= 15 is 0 Å². The van der Waals surface area contributed by atoms with Crippen LogP contribution in [0.2, 0.25) is 0 Å². The van der Waals surface area contributed by atoms with E-state index in [4.69, 9.17) is 6.58 Å². The van der Waals surface area contributed by atoms with Gasteiger partial charge in [0.15, 0.2) is 5.78 Å². The van der Waals surface area contributed by atoms with Gasteiger partial charge in [-0.05, 0) is 18.6 Å². The van der Waals surface area contributed by atoms with Crippen molar-refractivity contribution in [1.82, 2.24) is 0 Å². The molecule has 0 atom stereocenters. The molecule has 0 spiro atoms. The normalized spacial score (nSPS) is 7.57. The SMILES string of the molecule is [CH]=CC(=O)C(=C)C. The Labute approximate surface area is 43.3 Å². The van der Waals surface area contributed by atoms with Crippen LogP contribution in [-0.2, 0) is 4.79 Å². The standard InChI is InChI=1S/C6H7O/c1-4-6(7)5(2)3/h1,4H,2H2,3H3. The van der Waals surface area contributed by atoms with Crippen LogP contribution in [0.3, 0.4) is 0 Å². The van der Waals surface area contributed by atoms with Gasteiger partial charge in [0.1, 0.15) is 0 Å². The Kier molecular flexibility index (Phi) is 2.06. The molecule has 0 bridgehead atoms. The van der Waals surface area contributed by atoms with E-state index in [9.17, 15) is 4.79 Å². The van der Waals surface area contributed by atoms with Crippen LogP contribution in [0.5, 0.6) is 0 Å². The lowest BCUT2D eigenvalue weighted by Crippen LogP contribution is -1.89. The fraction of sp³-hybridized carbons (Fsp3) is 0.167. The van der Waals surface area contributed by atoms with Crippen molar-refractivity contribution in [2.75, 3.05) is 0 Å². The highest BCUT2D eigenvalue weighted by molar-refractivity contribution is 6.02. The molecule has 0 saturated heterocycles. The molecule has 0 aliphatic heterocycles. The van der Waals surface area contributed by atoms with Crippen LogP contribution in [0.15, 0.2) is 18.2 Å². The quantitative estimate of drug-likeness (QED) is 0.470. The van der Waals surface area contributed by atoms with Gasteiger partial charge in [0.25, 0.3) is 0 Å². The largest absolute Gasteiger partial charge is 0.290 e. The predicted molar refractivity (Wildman–Crippen MR) is 28.7 cm³/mol. The molecule has 0 N–H and O–H groups in total. The van der Waals surface area contributed by atoms with Crippen LogP contribution in [0.1, 0.15) is 6.92 Å². The first-order valence-corrected chi connectivity index (χ1v) is 1.93. The first kappa shape index (κ1) is 6.15. The maximum Gasteiger partial charge on any atom is 0.180 e. The monoisotopic (exact) mass is 95.0 g/mol. The summed E-state index contributed by atoms with van der Waals surface area (Å²) in [5.74, 6) is -0.194. The van der Waals surface area contributed by atoms with Crippen molar-refractivity contribution in [1.29, 1.82) is 0 Å². The van der Waals surface area contributed by atoms with Crippen molar-refractivity contribution in [2.24, 2.45) is 0 Å². The summed E-state index contributed by atoms with van der Waals surface area (Å²) in [6.45, 7) is 9.82. The summed E-state index contributed by atoms with van der Waals surface area (Å²) < 4.78 is 0. The third-order valence-corrected chi connectivity index (χ3v) is 0.572. The van der Waals surface area contributed by atoms with Gasteiger partial charge in [-0.2, -0.15) is 0 Å². The summed E-state index contributed by atoms with van der Waals surface area (Å²) in [7, 11) is 0. The minimum atomic E-state index is -0.194. The highest BCUT2D eigenvalue weighted by Crippen LogP contribution is 1.87. The van der Waals surface area contributed by atoms with E-state index in [-0.39, 0.29) is 5.78 Å². The number of carbonyl (C=O) groups is 1. The van der Waals surface area contributed by atoms with Crippen molar-refractivity contribution in [2.45, 2.75) is 6.92 Å². The molecule has 0 aromatic rings. The zero-order valence-corrected chi connectivity index (χ0v) is 4.27. The lowest BCUT2D eigenvalue weighted by Gasteiger charge is -1.83. The van der Waals surface area contributed by atoms with Gasteiger partial charge < -0.3 is 0 Å².